The molecular formula is C17H22O4. The Kier molecular flexibility index (Phi) is 6.55. The fourth-order valence-electron chi connectivity index (χ4n) is 2.35. The van der Waals surface area contributed by atoms with Gasteiger partial charge in [-0.2, -0.15) is 0 Å². The third kappa shape index (κ3) is 5.05. The molecular weight excluding hydrogens is 268 g/mol. The standard InChI is InChI=1S/C17H22O4/c1-19-17-8-7-14(5-4-9-18)11-15(17)12-20-13-16-6-2-3-10-21-16/h7-8,11,16,18H,2-3,6,9-10,12-13H2,1H3. The van der Waals surface area contributed by atoms with E-state index in [0.717, 1.165) is 36.3 Å². The van der Waals surface area contributed by atoms with Gasteiger partial charge < -0.3 is 19.3 Å². The van der Waals surface area contributed by atoms with E-state index in [2.05, 4.69) is 11.8 Å². The molecule has 1 aromatic rings. The molecule has 4 nitrogen and oxygen atoms in total. The summed E-state index contributed by atoms with van der Waals surface area (Å²) in [7, 11) is 1.64. The summed E-state index contributed by atoms with van der Waals surface area (Å²) in [5, 5.41) is 8.75. The number of aliphatic hydroxyl groups is 1. The van der Waals surface area contributed by atoms with Crippen LogP contribution in [-0.2, 0) is 16.1 Å². The summed E-state index contributed by atoms with van der Waals surface area (Å²) in [6, 6.07) is 5.68. The van der Waals surface area contributed by atoms with Crippen molar-refractivity contribution in [3.63, 3.8) is 0 Å². The number of rotatable bonds is 5. The van der Waals surface area contributed by atoms with E-state index >= 15 is 0 Å². The SMILES string of the molecule is COc1ccc(C#CCO)cc1COCC1CCCCO1. The largest absolute Gasteiger partial charge is 0.496 e. The van der Waals surface area contributed by atoms with Crippen LogP contribution >= 0.6 is 0 Å². The summed E-state index contributed by atoms with van der Waals surface area (Å²) in [5.41, 5.74) is 1.80. The second-order valence-corrected chi connectivity index (χ2v) is 4.99. The molecule has 0 bridgehead atoms. The van der Waals surface area contributed by atoms with Crippen molar-refractivity contribution in [1.82, 2.24) is 0 Å². The molecule has 0 aliphatic carbocycles. The quantitative estimate of drug-likeness (QED) is 0.844. The van der Waals surface area contributed by atoms with Gasteiger partial charge in [0.1, 0.15) is 12.4 Å². The van der Waals surface area contributed by atoms with E-state index in [1.807, 2.05) is 18.2 Å². The van der Waals surface area contributed by atoms with E-state index in [4.69, 9.17) is 19.3 Å². The van der Waals surface area contributed by atoms with E-state index in [1.165, 1.54) is 6.42 Å². The van der Waals surface area contributed by atoms with Crippen LogP contribution in [-0.4, -0.2) is 38.1 Å². The van der Waals surface area contributed by atoms with Crippen molar-refractivity contribution in [3.8, 4) is 17.6 Å². The van der Waals surface area contributed by atoms with Gasteiger partial charge in [-0.1, -0.05) is 11.8 Å². The Morgan fingerprint density at radius 3 is 3.00 bits per heavy atom. The third-order valence-electron chi connectivity index (χ3n) is 3.43. The minimum absolute atomic E-state index is 0.142. The summed E-state index contributed by atoms with van der Waals surface area (Å²) in [4.78, 5) is 0. The molecule has 4 heteroatoms. The van der Waals surface area contributed by atoms with Gasteiger partial charge in [-0.3, -0.25) is 0 Å². The zero-order valence-corrected chi connectivity index (χ0v) is 12.4. The second kappa shape index (κ2) is 8.68. The van der Waals surface area contributed by atoms with Crippen molar-refractivity contribution in [2.75, 3.05) is 26.9 Å². The van der Waals surface area contributed by atoms with Gasteiger partial charge >= 0.3 is 0 Å². The van der Waals surface area contributed by atoms with Crippen LogP contribution < -0.4 is 4.74 Å². The predicted molar refractivity (Wildman–Crippen MR) is 80.2 cm³/mol. The molecule has 2 rings (SSSR count). The normalized spacial score (nSPS) is 17.9. The van der Waals surface area contributed by atoms with E-state index in [0.29, 0.717) is 13.2 Å². The van der Waals surface area contributed by atoms with Crippen LogP contribution in [0.3, 0.4) is 0 Å². The Morgan fingerprint density at radius 1 is 1.38 bits per heavy atom. The maximum absolute atomic E-state index is 8.75. The number of aliphatic hydroxyl groups excluding tert-OH is 1. The topological polar surface area (TPSA) is 47.9 Å². The van der Waals surface area contributed by atoms with Gasteiger partial charge in [-0.25, -0.2) is 0 Å². The lowest BCUT2D eigenvalue weighted by Gasteiger charge is -2.22. The number of ether oxygens (including phenoxy) is 3. The molecule has 0 radical (unpaired) electrons. The molecule has 1 aliphatic heterocycles. The van der Waals surface area contributed by atoms with Crippen LogP contribution in [0.1, 0.15) is 30.4 Å². The zero-order valence-electron chi connectivity index (χ0n) is 12.4. The van der Waals surface area contributed by atoms with Crippen molar-refractivity contribution in [3.05, 3.63) is 29.3 Å². The molecule has 21 heavy (non-hydrogen) atoms. The van der Waals surface area contributed by atoms with Crippen LogP contribution in [0.15, 0.2) is 18.2 Å². The van der Waals surface area contributed by atoms with E-state index in [9.17, 15) is 0 Å². The fraction of sp³-hybridized carbons (Fsp3) is 0.529. The van der Waals surface area contributed by atoms with Crippen LogP contribution in [0.25, 0.3) is 0 Å². The van der Waals surface area contributed by atoms with Crippen LogP contribution in [0.2, 0.25) is 0 Å². The highest BCUT2D eigenvalue weighted by molar-refractivity contribution is 5.44. The predicted octanol–water partition coefficient (Wildman–Crippen LogP) is 2.12. The fourth-order valence-corrected chi connectivity index (χ4v) is 2.35. The van der Waals surface area contributed by atoms with Gasteiger partial charge in [-0.15, -0.1) is 0 Å². The average molecular weight is 290 g/mol. The molecule has 1 unspecified atom stereocenters. The number of hydrogen-bond donors (Lipinski definition) is 1. The molecule has 1 aromatic carbocycles. The van der Waals surface area contributed by atoms with Crippen LogP contribution in [0, 0.1) is 11.8 Å². The molecule has 0 aromatic heterocycles. The number of benzene rings is 1. The molecule has 1 heterocycles. The number of hydrogen-bond acceptors (Lipinski definition) is 4. The van der Waals surface area contributed by atoms with Gasteiger partial charge in [0.25, 0.3) is 0 Å². The van der Waals surface area contributed by atoms with Gasteiger partial charge in [-0.05, 0) is 37.5 Å². The minimum Gasteiger partial charge on any atom is -0.496 e. The zero-order chi connectivity index (χ0) is 14.9. The second-order valence-electron chi connectivity index (χ2n) is 4.99. The Balaban J connectivity index is 1.93. The van der Waals surface area contributed by atoms with Gasteiger partial charge in [0, 0.05) is 17.7 Å². The molecule has 1 atom stereocenters. The van der Waals surface area contributed by atoms with Crippen molar-refractivity contribution in [2.24, 2.45) is 0 Å². The first-order valence-electron chi connectivity index (χ1n) is 7.29. The van der Waals surface area contributed by atoms with Gasteiger partial charge in [0.05, 0.1) is 26.4 Å². The van der Waals surface area contributed by atoms with Gasteiger partial charge in [0.2, 0.25) is 0 Å². The molecule has 1 fully saturated rings. The van der Waals surface area contributed by atoms with Crippen molar-refractivity contribution < 1.29 is 19.3 Å². The molecule has 0 amide bonds. The summed E-state index contributed by atoms with van der Waals surface area (Å²) in [6.45, 7) is 1.77. The monoisotopic (exact) mass is 290 g/mol. The van der Waals surface area contributed by atoms with Crippen molar-refractivity contribution in [1.29, 1.82) is 0 Å². The highest BCUT2D eigenvalue weighted by atomic mass is 16.5. The Hall–Kier alpha value is -1.54. The summed E-state index contributed by atoms with van der Waals surface area (Å²) < 4.78 is 16.7. The lowest BCUT2D eigenvalue weighted by atomic mass is 10.1. The van der Waals surface area contributed by atoms with Crippen LogP contribution in [0.5, 0.6) is 5.75 Å². The Labute approximate surface area is 126 Å². The lowest BCUT2D eigenvalue weighted by Crippen LogP contribution is -2.24. The van der Waals surface area contributed by atoms with Gasteiger partial charge in [0.15, 0.2) is 0 Å². The maximum Gasteiger partial charge on any atom is 0.124 e. The summed E-state index contributed by atoms with van der Waals surface area (Å²) in [5.74, 6) is 6.32. The molecule has 1 saturated heterocycles. The third-order valence-corrected chi connectivity index (χ3v) is 3.43. The Morgan fingerprint density at radius 2 is 2.29 bits per heavy atom. The highest BCUT2D eigenvalue weighted by Crippen LogP contribution is 2.21. The molecule has 0 saturated carbocycles. The van der Waals surface area contributed by atoms with Crippen molar-refractivity contribution >= 4 is 0 Å². The molecule has 0 spiro atoms. The lowest BCUT2D eigenvalue weighted by molar-refractivity contribution is -0.0449. The maximum atomic E-state index is 8.75. The summed E-state index contributed by atoms with van der Waals surface area (Å²) in [6.07, 6.45) is 3.64. The first kappa shape index (κ1) is 15.8. The number of methoxy groups -OCH3 is 1. The van der Waals surface area contributed by atoms with E-state index in [-0.39, 0.29) is 12.7 Å². The van der Waals surface area contributed by atoms with E-state index < -0.39 is 0 Å². The molecule has 1 aliphatic rings. The summed E-state index contributed by atoms with van der Waals surface area (Å²) >= 11 is 0. The van der Waals surface area contributed by atoms with Crippen LogP contribution in [0.4, 0.5) is 0 Å². The smallest absolute Gasteiger partial charge is 0.124 e. The first-order valence-corrected chi connectivity index (χ1v) is 7.29. The minimum atomic E-state index is -0.142. The first-order chi connectivity index (χ1) is 10.3. The molecule has 1 N–H and O–H groups in total. The van der Waals surface area contributed by atoms with E-state index in [1.54, 1.807) is 7.11 Å². The Bertz CT molecular complexity index is 495. The highest BCUT2D eigenvalue weighted by Gasteiger charge is 2.14. The average Bonchev–Trinajstić information content (AvgIpc) is 2.54. The van der Waals surface area contributed by atoms with Crippen molar-refractivity contribution in [2.45, 2.75) is 32.0 Å². The molecule has 114 valence electrons.